The number of hydrogen-bond acceptors (Lipinski definition) is 1. The van der Waals surface area contributed by atoms with Crippen LogP contribution in [0, 0.1) is 0 Å². The Morgan fingerprint density at radius 2 is 1.48 bits per heavy atom. The molecule has 112 valence electrons. The molecule has 0 saturated heterocycles. The van der Waals surface area contributed by atoms with E-state index in [-0.39, 0.29) is 0 Å². The van der Waals surface area contributed by atoms with Gasteiger partial charge in [0.2, 0.25) is 0 Å². The summed E-state index contributed by atoms with van der Waals surface area (Å²) in [4.78, 5) is 0. The molecule has 2 aromatic rings. The second-order valence-corrected chi connectivity index (χ2v) is 5.75. The lowest BCUT2D eigenvalue weighted by molar-refractivity contribution is 0.666. The quantitative estimate of drug-likeness (QED) is 0.684. The molecule has 2 aromatic carbocycles. The Hall–Kier alpha value is -1.60. The van der Waals surface area contributed by atoms with Crippen molar-refractivity contribution in [3.8, 4) is 0 Å². The maximum atomic E-state index is 5.99. The topological polar surface area (TPSA) is 26.0 Å². The van der Waals surface area contributed by atoms with E-state index in [2.05, 4.69) is 61.5 Å². The average molecular weight is 281 g/mol. The van der Waals surface area contributed by atoms with Crippen molar-refractivity contribution in [2.45, 2.75) is 44.9 Å². The largest absolute Gasteiger partial charge is 0.330 e. The second-order valence-electron chi connectivity index (χ2n) is 5.75. The number of nitrogens with two attached hydrogens (primary N) is 1. The summed E-state index contributed by atoms with van der Waals surface area (Å²) in [5.41, 5.74) is 10.1. The molecule has 2 N–H and O–H groups in total. The fourth-order valence-electron chi connectivity index (χ4n) is 2.82. The summed E-state index contributed by atoms with van der Waals surface area (Å²) >= 11 is 0. The van der Waals surface area contributed by atoms with E-state index in [1.54, 1.807) is 0 Å². The summed E-state index contributed by atoms with van der Waals surface area (Å²) in [6.07, 6.45) is 6.48. The minimum absolute atomic E-state index is 0.306. The van der Waals surface area contributed by atoms with Gasteiger partial charge in [-0.25, -0.2) is 0 Å². The van der Waals surface area contributed by atoms with Crippen molar-refractivity contribution in [3.63, 3.8) is 0 Å². The molecule has 1 nitrogen and oxygen atoms in total. The highest BCUT2D eigenvalue weighted by Crippen LogP contribution is 2.24. The molecule has 0 amide bonds. The van der Waals surface area contributed by atoms with E-state index in [0.717, 1.165) is 0 Å². The molecule has 0 fully saturated rings. The smallest absolute Gasteiger partial charge is 0.0212 e. The first kappa shape index (κ1) is 15.8. The standard InChI is InChI=1S/C20H27N/c1-2-3-4-6-9-17-12-14-19(15-13-17)20(16-21)18-10-7-5-8-11-18/h5,7-8,10-15,20H,2-4,6,9,16,21H2,1H3. The van der Waals surface area contributed by atoms with Gasteiger partial charge in [0.05, 0.1) is 0 Å². The van der Waals surface area contributed by atoms with Gasteiger partial charge >= 0.3 is 0 Å². The fourth-order valence-corrected chi connectivity index (χ4v) is 2.82. The molecule has 0 saturated carbocycles. The van der Waals surface area contributed by atoms with Crippen molar-refractivity contribution in [3.05, 3.63) is 71.3 Å². The molecule has 0 heterocycles. The molecule has 0 aliphatic rings. The zero-order chi connectivity index (χ0) is 14.9. The van der Waals surface area contributed by atoms with Crippen LogP contribution < -0.4 is 5.73 Å². The minimum atomic E-state index is 0.306. The molecule has 0 aliphatic carbocycles. The van der Waals surface area contributed by atoms with E-state index >= 15 is 0 Å². The summed E-state index contributed by atoms with van der Waals surface area (Å²) in [5.74, 6) is 0.306. The van der Waals surface area contributed by atoms with E-state index in [4.69, 9.17) is 5.73 Å². The summed E-state index contributed by atoms with van der Waals surface area (Å²) in [7, 11) is 0. The molecule has 0 radical (unpaired) electrons. The maximum Gasteiger partial charge on any atom is 0.0212 e. The predicted octanol–water partition coefficient (Wildman–Crippen LogP) is 4.90. The number of aryl methyl sites for hydroxylation is 1. The zero-order valence-corrected chi connectivity index (χ0v) is 13.1. The van der Waals surface area contributed by atoms with Gasteiger partial charge in [-0.1, -0.05) is 80.8 Å². The summed E-state index contributed by atoms with van der Waals surface area (Å²) in [6.45, 7) is 2.91. The summed E-state index contributed by atoms with van der Waals surface area (Å²) in [6, 6.07) is 19.6. The maximum absolute atomic E-state index is 5.99. The third kappa shape index (κ3) is 4.71. The van der Waals surface area contributed by atoms with Crippen molar-refractivity contribution in [1.82, 2.24) is 0 Å². The summed E-state index contributed by atoms with van der Waals surface area (Å²) < 4.78 is 0. The monoisotopic (exact) mass is 281 g/mol. The van der Waals surface area contributed by atoms with Gasteiger partial charge in [-0.2, -0.15) is 0 Å². The fraction of sp³-hybridized carbons (Fsp3) is 0.400. The van der Waals surface area contributed by atoms with Crippen molar-refractivity contribution in [2.75, 3.05) is 6.54 Å². The van der Waals surface area contributed by atoms with Crippen LogP contribution in [0.2, 0.25) is 0 Å². The van der Waals surface area contributed by atoms with Gasteiger partial charge in [-0.15, -0.1) is 0 Å². The Morgan fingerprint density at radius 3 is 2.10 bits per heavy atom. The Labute approximate surface area is 129 Å². The Kier molecular flexibility index (Phi) is 6.49. The molecular weight excluding hydrogens is 254 g/mol. The van der Waals surface area contributed by atoms with Gasteiger partial charge in [-0.05, 0) is 29.5 Å². The lowest BCUT2D eigenvalue weighted by atomic mass is 9.90. The normalized spacial score (nSPS) is 12.3. The number of benzene rings is 2. The van der Waals surface area contributed by atoms with E-state index < -0.39 is 0 Å². The third-order valence-electron chi connectivity index (χ3n) is 4.14. The van der Waals surface area contributed by atoms with Gasteiger partial charge in [0.15, 0.2) is 0 Å². The SMILES string of the molecule is CCCCCCc1ccc(C(CN)c2ccccc2)cc1. The van der Waals surface area contributed by atoms with Crippen LogP contribution in [0.4, 0.5) is 0 Å². The second kappa shape index (κ2) is 8.63. The van der Waals surface area contributed by atoms with Crippen molar-refractivity contribution >= 4 is 0 Å². The van der Waals surface area contributed by atoms with Crippen molar-refractivity contribution in [1.29, 1.82) is 0 Å². The first-order valence-corrected chi connectivity index (χ1v) is 8.19. The first-order chi connectivity index (χ1) is 10.3. The zero-order valence-electron chi connectivity index (χ0n) is 13.1. The van der Waals surface area contributed by atoms with Gasteiger partial charge in [0, 0.05) is 12.5 Å². The van der Waals surface area contributed by atoms with E-state index in [1.165, 1.54) is 48.8 Å². The number of unbranched alkanes of at least 4 members (excludes halogenated alkanes) is 3. The Bertz CT molecular complexity index is 501. The van der Waals surface area contributed by atoms with Crippen LogP contribution in [0.15, 0.2) is 54.6 Å². The van der Waals surface area contributed by atoms with Gasteiger partial charge in [0.25, 0.3) is 0 Å². The molecule has 0 spiro atoms. The van der Waals surface area contributed by atoms with Gasteiger partial charge in [0.1, 0.15) is 0 Å². The Morgan fingerprint density at radius 1 is 0.810 bits per heavy atom. The predicted molar refractivity (Wildman–Crippen MR) is 91.6 cm³/mol. The van der Waals surface area contributed by atoms with E-state index in [9.17, 15) is 0 Å². The number of hydrogen-bond donors (Lipinski definition) is 1. The lowest BCUT2D eigenvalue weighted by Gasteiger charge is -2.16. The minimum Gasteiger partial charge on any atom is -0.330 e. The van der Waals surface area contributed by atoms with Crippen LogP contribution in [0.5, 0.6) is 0 Å². The van der Waals surface area contributed by atoms with Crippen LogP contribution in [-0.2, 0) is 6.42 Å². The molecule has 1 atom stereocenters. The van der Waals surface area contributed by atoms with Crippen LogP contribution in [-0.4, -0.2) is 6.54 Å². The average Bonchev–Trinajstić information content (AvgIpc) is 2.55. The van der Waals surface area contributed by atoms with Gasteiger partial charge in [-0.3, -0.25) is 0 Å². The molecule has 0 bridgehead atoms. The molecular formula is C20H27N. The molecule has 1 unspecified atom stereocenters. The van der Waals surface area contributed by atoms with Gasteiger partial charge < -0.3 is 5.73 Å². The molecule has 1 heteroatoms. The highest BCUT2D eigenvalue weighted by molar-refractivity contribution is 5.34. The summed E-state index contributed by atoms with van der Waals surface area (Å²) in [5, 5.41) is 0. The Balaban J connectivity index is 2.00. The lowest BCUT2D eigenvalue weighted by Crippen LogP contribution is -2.13. The highest BCUT2D eigenvalue weighted by atomic mass is 14.5. The molecule has 21 heavy (non-hydrogen) atoms. The van der Waals surface area contributed by atoms with Crippen molar-refractivity contribution in [2.24, 2.45) is 5.73 Å². The van der Waals surface area contributed by atoms with Crippen LogP contribution >= 0.6 is 0 Å². The van der Waals surface area contributed by atoms with Crippen LogP contribution in [0.25, 0.3) is 0 Å². The highest BCUT2D eigenvalue weighted by Gasteiger charge is 2.11. The van der Waals surface area contributed by atoms with E-state index in [0.29, 0.717) is 12.5 Å². The van der Waals surface area contributed by atoms with Crippen molar-refractivity contribution < 1.29 is 0 Å². The third-order valence-corrected chi connectivity index (χ3v) is 4.14. The molecule has 2 rings (SSSR count). The van der Waals surface area contributed by atoms with Crippen LogP contribution in [0.1, 0.15) is 55.2 Å². The first-order valence-electron chi connectivity index (χ1n) is 8.19. The molecule has 0 aromatic heterocycles. The van der Waals surface area contributed by atoms with E-state index in [1.807, 2.05) is 0 Å². The molecule has 0 aliphatic heterocycles. The van der Waals surface area contributed by atoms with Crippen LogP contribution in [0.3, 0.4) is 0 Å². The number of rotatable bonds is 8.